The van der Waals surface area contributed by atoms with Crippen LogP contribution in [0.3, 0.4) is 0 Å². The number of guanidine groups is 1. The summed E-state index contributed by atoms with van der Waals surface area (Å²) in [5, 5.41) is 3.40. The molecule has 166 valence electrons. The fourth-order valence-corrected chi connectivity index (χ4v) is 4.65. The van der Waals surface area contributed by atoms with E-state index in [2.05, 4.69) is 54.4 Å². The van der Waals surface area contributed by atoms with E-state index in [0.29, 0.717) is 24.9 Å². The minimum Gasteiger partial charge on any atom is -0.357 e. The molecule has 1 N–H and O–H groups in total. The van der Waals surface area contributed by atoms with Crippen molar-refractivity contribution in [2.45, 2.75) is 39.5 Å². The van der Waals surface area contributed by atoms with E-state index in [4.69, 9.17) is 4.99 Å². The van der Waals surface area contributed by atoms with E-state index in [-0.39, 0.29) is 29.7 Å². The lowest BCUT2D eigenvalue weighted by Crippen LogP contribution is -2.48. The van der Waals surface area contributed by atoms with Gasteiger partial charge in [-0.3, -0.25) is 4.99 Å². The molecule has 1 aromatic rings. The summed E-state index contributed by atoms with van der Waals surface area (Å²) in [6.07, 6.45) is 1.84. The zero-order valence-electron chi connectivity index (χ0n) is 18.2. The number of nitrogens with one attached hydrogen (secondary N) is 1. The second-order valence-corrected chi connectivity index (χ2v) is 9.90. The third-order valence-electron chi connectivity index (χ3n) is 5.50. The molecule has 1 aliphatic rings. The molecule has 2 unspecified atom stereocenters. The molecule has 0 amide bonds. The molecule has 0 aliphatic carbocycles. The first-order chi connectivity index (χ1) is 13.4. The molecule has 1 saturated heterocycles. The quantitative estimate of drug-likeness (QED) is 0.240. The van der Waals surface area contributed by atoms with Crippen LogP contribution >= 0.6 is 24.0 Å². The van der Waals surface area contributed by atoms with Gasteiger partial charge in [0, 0.05) is 39.8 Å². The van der Waals surface area contributed by atoms with Crippen LogP contribution in [0.2, 0.25) is 0 Å². The molecule has 1 aliphatic heterocycles. The number of halogens is 1. The van der Waals surface area contributed by atoms with Crippen molar-refractivity contribution in [2.24, 2.45) is 10.9 Å². The van der Waals surface area contributed by atoms with Gasteiger partial charge in [-0.1, -0.05) is 37.3 Å². The Hall–Kier alpha value is -0.870. The average molecular weight is 537 g/mol. The Kier molecular flexibility index (Phi) is 11.5. The highest BCUT2D eigenvalue weighted by Gasteiger charge is 2.28. The predicted molar refractivity (Wildman–Crippen MR) is 133 cm³/mol. The lowest BCUT2D eigenvalue weighted by atomic mass is 9.82. The molecule has 1 fully saturated rings. The van der Waals surface area contributed by atoms with E-state index < -0.39 is 10.0 Å². The summed E-state index contributed by atoms with van der Waals surface area (Å²) in [4.78, 5) is 7.11. The lowest BCUT2D eigenvalue weighted by Gasteiger charge is -2.39. The summed E-state index contributed by atoms with van der Waals surface area (Å²) in [5.74, 6) is 2.24. The van der Waals surface area contributed by atoms with Crippen LogP contribution in [0.4, 0.5) is 0 Å². The lowest BCUT2D eigenvalue weighted by molar-refractivity contribution is 0.234. The molecule has 1 aromatic carbocycles. The zero-order valence-corrected chi connectivity index (χ0v) is 21.3. The minimum absolute atomic E-state index is 0. The third kappa shape index (κ3) is 7.71. The number of benzene rings is 1. The van der Waals surface area contributed by atoms with Crippen molar-refractivity contribution >= 4 is 40.0 Å². The Balaban J connectivity index is 0.00000420. The first kappa shape index (κ1) is 26.2. The number of aliphatic imine (C=N–C) groups is 1. The molecule has 0 saturated carbocycles. The van der Waals surface area contributed by atoms with Gasteiger partial charge < -0.3 is 10.2 Å². The summed E-state index contributed by atoms with van der Waals surface area (Å²) >= 11 is 0. The Morgan fingerprint density at radius 2 is 1.97 bits per heavy atom. The van der Waals surface area contributed by atoms with E-state index in [1.165, 1.54) is 9.87 Å². The molecule has 8 heteroatoms. The van der Waals surface area contributed by atoms with Crippen LogP contribution in [-0.2, 0) is 10.0 Å². The molecule has 0 spiro atoms. The predicted octanol–water partition coefficient (Wildman–Crippen LogP) is 3.37. The van der Waals surface area contributed by atoms with Crippen LogP contribution in [0.5, 0.6) is 0 Å². The number of likely N-dealkylation sites (tertiary alicyclic amines) is 1. The van der Waals surface area contributed by atoms with Crippen LogP contribution in [0, 0.1) is 5.92 Å². The van der Waals surface area contributed by atoms with E-state index in [1.807, 2.05) is 0 Å². The number of piperidine rings is 1. The third-order valence-corrected chi connectivity index (χ3v) is 7.36. The molecule has 29 heavy (non-hydrogen) atoms. The maximum atomic E-state index is 11.8. The molecule has 0 radical (unpaired) electrons. The van der Waals surface area contributed by atoms with Gasteiger partial charge in [0.2, 0.25) is 10.0 Å². The zero-order chi connectivity index (χ0) is 20.6. The Morgan fingerprint density at radius 1 is 1.28 bits per heavy atom. The van der Waals surface area contributed by atoms with E-state index in [9.17, 15) is 8.42 Å². The number of sulfonamides is 1. The van der Waals surface area contributed by atoms with Gasteiger partial charge >= 0.3 is 0 Å². The van der Waals surface area contributed by atoms with Crippen molar-refractivity contribution in [3.8, 4) is 0 Å². The molecule has 6 nitrogen and oxygen atoms in total. The molecule has 0 bridgehead atoms. The van der Waals surface area contributed by atoms with Gasteiger partial charge in [-0.2, -0.15) is 0 Å². The number of nitrogens with zero attached hydrogens (tertiary/aromatic N) is 3. The maximum absolute atomic E-state index is 11.8. The van der Waals surface area contributed by atoms with E-state index >= 15 is 0 Å². The van der Waals surface area contributed by atoms with Gasteiger partial charge in [0.05, 0.1) is 5.75 Å². The average Bonchev–Trinajstić information content (AvgIpc) is 2.70. The maximum Gasteiger partial charge on any atom is 0.213 e. The van der Waals surface area contributed by atoms with Gasteiger partial charge in [0.15, 0.2) is 5.96 Å². The summed E-state index contributed by atoms with van der Waals surface area (Å²) in [6, 6.07) is 10.8. The highest BCUT2D eigenvalue weighted by molar-refractivity contribution is 14.0. The van der Waals surface area contributed by atoms with Crippen molar-refractivity contribution in [1.29, 1.82) is 0 Å². The fraction of sp³-hybridized carbons (Fsp3) is 0.667. The van der Waals surface area contributed by atoms with Gasteiger partial charge in [-0.15, -0.1) is 24.0 Å². The van der Waals surface area contributed by atoms with Crippen molar-refractivity contribution in [3.63, 3.8) is 0 Å². The number of hydrogen-bond acceptors (Lipinski definition) is 3. The van der Waals surface area contributed by atoms with Gasteiger partial charge in [-0.05, 0) is 44.1 Å². The van der Waals surface area contributed by atoms with Crippen molar-refractivity contribution in [1.82, 2.24) is 14.5 Å². The fourth-order valence-electron chi connectivity index (χ4n) is 3.80. The minimum atomic E-state index is -3.11. The summed E-state index contributed by atoms with van der Waals surface area (Å²) < 4.78 is 25.1. The SMILES string of the molecule is CCNC(=NCCCN(C)S(=O)(=O)CC)N1CCC(c2ccccc2)C(C)C1.I. The van der Waals surface area contributed by atoms with Gasteiger partial charge in [0.1, 0.15) is 0 Å². The number of rotatable bonds is 8. The summed E-state index contributed by atoms with van der Waals surface area (Å²) in [5.41, 5.74) is 1.43. The van der Waals surface area contributed by atoms with Crippen LogP contribution in [0.1, 0.15) is 45.1 Å². The second-order valence-electron chi connectivity index (χ2n) is 7.54. The smallest absolute Gasteiger partial charge is 0.213 e. The topological polar surface area (TPSA) is 65.0 Å². The first-order valence-corrected chi connectivity index (χ1v) is 12.0. The Labute approximate surface area is 194 Å². The summed E-state index contributed by atoms with van der Waals surface area (Å²) in [7, 11) is -1.47. The van der Waals surface area contributed by atoms with Crippen LogP contribution < -0.4 is 5.32 Å². The van der Waals surface area contributed by atoms with E-state index in [1.54, 1.807) is 14.0 Å². The van der Waals surface area contributed by atoms with Crippen LogP contribution in [0.15, 0.2) is 35.3 Å². The number of hydrogen-bond donors (Lipinski definition) is 1. The monoisotopic (exact) mass is 536 g/mol. The van der Waals surface area contributed by atoms with Gasteiger partial charge in [0.25, 0.3) is 0 Å². The second kappa shape index (κ2) is 12.7. The molecular formula is C21H37IN4O2S. The van der Waals surface area contributed by atoms with Gasteiger partial charge in [-0.25, -0.2) is 12.7 Å². The molecule has 0 aromatic heterocycles. The Bertz CT molecular complexity index is 727. The van der Waals surface area contributed by atoms with Crippen molar-refractivity contribution in [2.75, 3.05) is 45.5 Å². The first-order valence-electron chi connectivity index (χ1n) is 10.4. The standard InChI is InChI=1S/C21H36N4O2S.HI/c1-5-22-21(23-14-10-15-24(4)28(26,27)6-2)25-16-13-20(18(3)17-25)19-11-8-7-9-12-19;/h7-9,11-12,18,20H,5-6,10,13-17H2,1-4H3,(H,22,23);1H. The molecule has 2 atom stereocenters. The Morgan fingerprint density at radius 3 is 2.55 bits per heavy atom. The van der Waals surface area contributed by atoms with E-state index in [0.717, 1.165) is 38.4 Å². The highest BCUT2D eigenvalue weighted by atomic mass is 127. The van der Waals surface area contributed by atoms with Crippen molar-refractivity contribution in [3.05, 3.63) is 35.9 Å². The largest absolute Gasteiger partial charge is 0.357 e. The molecule has 2 rings (SSSR count). The molecular weight excluding hydrogens is 499 g/mol. The normalized spacial score (nSPS) is 20.4. The highest BCUT2D eigenvalue weighted by Crippen LogP contribution is 2.32. The van der Waals surface area contributed by atoms with Crippen molar-refractivity contribution < 1.29 is 8.42 Å². The summed E-state index contributed by atoms with van der Waals surface area (Å²) in [6.45, 7) is 10.00. The van der Waals surface area contributed by atoms with Crippen LogP contribution in [-0.4, -0.2) is 69.1 Å². The van der Waals surface area contributed by atoms with Crippen LogP contribution in [0.25, 0.3) is 0 Å². The molecule has 1 heterocycles.